The van der Waals surface area contributed by atoms with Crippen molar-refractivity contribution in [2.45, 2.75) is 33.3 Å². The van der Waals surface area contributed by atoms with Crippen LogP contribution < -0.4 is 14.2 Å². The summed E-state index contributed by atoms with van der Waals surface area (Å²) in [5.41, 5.74) is 3.95. The number of nitriles is 1. The highest BCUT2D eigenvalue weighted by molar-refractivity contribution is 8.18. The van der Waals surface area contributed by atoms with E-state index < -0.39 is 5.91 Å². The van der Waals surface area contributed by atoms with Gasteiger partial charge in [0.05, 0.1) is 35.2 Å². The monoisotopic (exact) mass is 576 g/mol. The van der Waals surface area contributed by atoms with Crippen molar-refractivity contribution in [3.8, 4) is 23.3 Å². The number of imide groups is 1. The lowest BCUT2D eigenvalue weighted by atomic mass is 10.0. The van der Waals surface area contributed by atoms with Gasteiger partial charge in [-0.15, -0.1) is 0 Å². The molecule has 1 aliphatic heterocycles. The number of methoxy groups -OCH3 is 1. The van der Waals surface area contributed by atoms with Crippen molar-refractivity contribution in [2.75, 3.05) is 20.3 Å². The van der Waals surface area contributed by atoms with Gasteiger partial charge in [0.2, 0.25) is 0 Å². The van der Waals surface area contributed by atoms with Crippen LogP contribution in [0.5, 0.6) is 17.2 Å². The average molecular weight is 577 g/mol. The van der Waals surface area contributed by atoms with Gasteiger partial charge in [0, 0.05) is 5.56 Å². The molecule has 0 aromatic heterocycles. The molecule has 1 saturated heterocycles. The Morgan fingerprint density at radius 2 is 1.85 bits per heavy atom. The fourth-order valence-electron chi connectivity index (χ4n) is 4.20. The first kappa shape index (κ1) is 29.1. The van der Waals surface area contributed by atoms with E-state index in [1.165, 1.54) is 12.0 Å². The molecule has 0 radical (unpaired) electrons. The lowest BCUT2D eigenvalue weighted by molar-refractivity contribution is -0.123. The fourth-order valence-corrected chi connectivity index (χ4v) is 5.34. The number of nitrogens with zero attached hydrogens (tertiary/aromatic N) is 2. The SMILES string of the molecule is COc1cc(/C=C2\SC(=O)N(CCOc3cc(C)ccc3C(C)C)C2=O)cc(Cl)c1OCc1ccccc1C#N. The van der Waals surface area contributed by atoms with Crippen LogP contribution in [0.4, 0.5) is 4.79 Å². The molecule has 40 heavy (non-hydrogen) atoms. The van der Waals surface area contributed by atoms with Crippen molar-refractivity contribution in [3.05, 3.63) is 92.3 Å². The molecule has 3 aromatic carbocycles. The Morgan fingerprint density at radius 3 is 2.58 bits per heavy atom. The lowest BCUT2D eigenvalue weighted by Gasteiger charge is -2.17. The number of halogens is 1. The summed E-state index contributed by atoms with van der Waals surface area (Å²) in [6.45, 7) is 6.62. The molecule has 0 saturated carbocycles. The van der Waals surface area contributed by atoms with E-state index in [1.807, 2.05) is 31.2 Å². The van der Waals surface area contributed by atoms with E-state index in [1.54, 1.807) is 36.4 Å². The van der Waals surface area contributed by atoms with Gasteiger partial charge in [-0.2, -0.15) is 5.26 Å². The number of thioether (sulfide) groups is 1. The molecule has 7 nitrogen and oxygen atoms in total. The van der Waals surface area contributed by atoms with Gasteiger partial charge < -0.3 is 14.2 Å². The van der Waals surface area contributed by atoms with Gasteiger partial charge in [0.1, 0.15) is 19.0 Å². The van der Waals surface area contributed by atoms with Crippen LogP contribution in [0.25, 0.3) is 6.08 Å². The minimum absolute atomic E-state index is 0.126. The molecule has 1 aliphatic rings. The normalized spacial score (nSPS) is 14.1. The Balaban J connectivity index is 1.46. The Morgan fingerprint density at radius 1 is 1.07 bits per heavy atom. The number of rotatable bonds is 10. The molecule has 2 amide bonds. The van der Waals surface area contributed by atoms with Gasteiger partial charge in [-0.1, -0.05) is 55.8 Å². The van der Waals surface area contributed by atoms with E-state index in [9.17, 15) is 14.9 Å². The number of benzene rings is 3. The van der Waals surface area contributed by atoms with Crippen molar-refractivity contribution < 1.29 is 23.8 Å². The van der Waals surface area contributed by atoms with Crippen molar-refractivity contribution in [3.63, 3.8) is 0 Å². The molecule has 0 atom stereocenters. The highest BCUT2D eigenvalue weighted by Gasteiger charge is 2.35. The van der Waals surface area contributed by atoms with Crippen LogP contribution in [0.1, 0.15) is 47.6 Å². The van der Waals surface area contributed by atoms with Gasteiger partial charge in [0.25, 0.3) is 11.1 Å². The number of hydrogen-bond acceptors (Lipinski definition) is 7. The van der Waals surface area contributed by atoms with Crippen molar-refractivity contribution in [2.24, 2.45) is 0 Å². The Kier molecular flexibility index (Phi) is 9.41. The predicted octanol–water partition coefficient (Wildman–Crippen LogP) is 7.35. The highest BCUT2D eigenvalue weighted by atomic mass is 35.5. The molecule has 206 valence electrons. The van der Waals surface area contributed by atoms with Gasteiger partial charge in [-0.3, -0.25) is 14.5 Å². The summed E-state index contributed by atoms with van der Waals surface area (Å²) in [7, 11) is 1.48. The molecule has 0 bridgehead atoms. The zero-order valence-corrected chi connectivity index (χ0v) is 24.3. The summed E-state index contributed by atoms with van der Waals surface area (Å²) >= 11 is 7.39. The predicted molar refractivity (Wildman–Crippen MR) is 157 cm³/mol. The van der Waals surface area contributed by atoms with E-state index in [2.05, 4.69) is 19.9 Å². The van der Waals surface area contributed by atoms with Gasteiger partial charge in [0.15, 0.2) is 11.5 Å². The van der Waals surface area contributed by atoms with Gasteiger partial charge in [-0.05, 0) is 71.6 Å². The highest BCUT2D eigenvalue weighted by Crippen LogP contribution is 2.39. The summed E-state index contributed by atoms with van der Waals surface area (Å²) in [5, 5.41) is 9.23. The number of ether oxygens (including phenoxy) is 3. The van der Waals surface area contributed by atoms with Gasteiger partial charge in [-0.25, -0.2) is 0 Å². The molecule has 1 fully saturated rings. The fraction of sp³-hybridized carbons (Fsp3) is 0.258. The third-order valence-electron chi connectivity index (χ3n) is 6.30. The maximum absolute atomic E-state index is 13.1. The zero-order chi connectivity index (χ0) is 28.8. The van der Waals surface area contributed by atoms with Gasteiger partial charge >= 0.3 is 0 Å². The van der Waals surface area contributed by atoms with E-state index in [0.717, 1.165) is 28.6 Å². The first-order valence-corrected chi connectivity index (χ1v) is 13.9. The Bertz CT molecular complexity index is 1510. The number of amides is 2. The largest absolute Gasteiger partial charge is 0.493 e. The second kappa shape index (κ2) is 12.9. The topological polar surface area (TPSA) is 88.9 Å². The first-order valence-electron chi connectivity index (χ1n) is 12.7. The minimum Gasteiger partial charge on any atom is -0.493 e. The van der Waals surface area contributed by atoms with E-state index >= 15 is 0 Å². The molecule has 0 spiro atoms. The second-order valence-corrected chi connectivity index (χ2v) is 10.9. The number of hydrogen-bond donors (Lipinski definition) is 0. The maximum atomic E-state index is 13.1. The second-order valence-electron chi connectivity index (χ2n) is 9.47. The molecule has 4 rings (SSSR count). The third-order valence-corrected chi connectivity index (χ3v) is 7.48. The smallest absolute Gasteiger partial charge is 0.293 e. The Labute approximate surface area is 243 Å². The summed E-state index contributed by atoms with van der Waals surface area (Å²) < 4.78 is 17.4. The van der Waals surface area contributed by atoms with Crippen LogP contribution in [-0.2, 0) is 11.4 Å². The maximum Gasteiger partial charge on any atom is 0.293 e. The van der Waals surface area contributed by atoms with Crippen LogP contribution in [0, 0.1) is 18.3 Å². The van der Waals surface area contributed by atoms with Crippen LogP contribution in [0.15, 0.2) is 59.5 Å². The molecule has 0 N–H and O–H groups in total. The lowest BCUT2D eigenvalue weighted by Crippen LogP contribution is -2.32. The molecule has 0 aliphatic carbocycles. The molecule has 9 heteroatoms. The summed E-state index contributed by atoms with van der Waals surface area (Å²) in [6, 6.07) is 18.6. The summed E-state index contributed by atoms with van der Waals surface area (Å²) in [6.07, 6.45) is 1.60. The van der Waals surface area contributed by atoms with Crippen LogP contribution in [0.3, 0.4) is 0 Å². The van der Waals surface area contributed by atoms with E-state index in [4.69, 9.17) is 25.8 Å². The summed E-state index contributed by atoms with van der Waals surface area (Å²) in [5.74, 6) is 1.33. The molecular formula is C31H29ClN2O5S. The van der Waals surface area contributed by atoms with Crippen LogP contribution >= 0.6 is 23.4 Å². The molecule has 1 heterocycles. The number of carbonyl (C=O) groups is 2. The summed E-state index contributed by atoms with van der Waals surface area (Å²) in [4.78, 5) is 27.2. The van der Waals surface area contributed by atoms with Crippen molar-refractivity contribution >= 4 is 40.6 Å². The zero-order valence-electron chi connectivity index (χ0n) is 22.7. The van der Waals surface area contributed by atoms with Crippen molar-refractivity contribution in [1.82, 2.24) is 4.90 Å². The average Bonchev–Trinajstić information content (AvgIpc) is 3.19. The van der Waals surface area contributed by atoms with E-state index in [-0.39, 0.29) is 40.8 Å². The quantitative estimate of drug-likeness (QED) is 0.233. The molecule has 0 unspecified atom stereocenters. The molecule has 3 aromatic rings. The Hall–Kier alpha value is -3.93. The van der Waals surface area contributed by atoms with Crippen molar-refractivity contribution in [1.29, 1.82) is 5.26 Å². The molecular weight excluding hydrogens is 548 g/mol. The first-order chi connectivity index (χ1) is 19.2. The van der Waals surface area contributed by atoms with Crippen LogP contribution in [0.2, 0.25) is 5.02 Å². The minimum atomic E-state index is -0.393. The third kappa shape index (κ3) is 6.61. The standard InChI is InChI=1S/C31H29ClN2O5S/c1-19(2)24-10-9-20(3)13-26(24)38-12-11-34-30(35)28(40-31(34)36)16-21-14-25(32)29(27(15-21)37-4)39-18-23-8-6-5-7-22(23)17-33/h5-10,13-16,19H,11-12,18H2,1-4H3/b28-16-. The van der Waals surface area contributed by atoms with Crippen LogP contribution in [-0.4, -0.2) is 36.3 Å². The number of carbonyl (C=O) groups excluding carboxylic acids is 2. The number of aryl methyl sites for hydroxylation is 1. The van der Waals surface area contributed by atoms with E-state index in [0.29, 0.717) is 28.2 Å².